The summed E-state index contributed by atoms with van der Waals surface area (Å²) in [5, 5.41) is 3.79. The predicted molar refractivity (Wildman–Crippen MR) is 65.4 cm³/mol. The maximum Gasteiger partial charge on any atom is 0.0697 e. The molecule has 0 bridgehead atoms. The average Bonchev–Trinajstić information content (AvgIpc) is 3.08. The number of hydrogen-bond acceptors (Lipinski definition) is 2. The highest BCUT2D eigenvalue weighted by Crippen LogP contribution is 2.42. The second kappa shape index (κ2) is 4.30. The van der Waals surface area contributed by atoms with Gasteiger partial charge in [-0.05, 0) is 63.3 Å². The van der Waals surface area contributed by atoms with E-state index < -0.39 is 0 Å². The Morgan fingerprint density at radius 1 is 1.31 bits per heavy atom. The fraction of sp³-hybridized carbons (Fsp3) is 1.00. The number of nitrogens with one attached hydrogen (secondary N) is 1. The Kier molecular flexibility index (Phi) is 2.97. The Hall–Kier alpha value is -0.0800. The van der Waals surface area contributed by atoms with Crippen LogP contribution in [0.25, 0.3) is 0 Å². The van der Waals surface area contributed by atoms with Crippen molar-refractivity contribution in [1.29, 1.82) is 0 Å². The lowest BCUT2D eigenvalue weighted by atomic mass is 9.74. The van der Waals surface area contributed by atoms with Gasteiger partial charge < -0.3 is 10.1 Å². The molecule has 3 rings (SSSR count). The van der Waals surface area contributed by atoms with Gasteiger partial charge in [-0.1, -0.05) is 6.92 Å². The summed E-state index contributed by atoms with van der Waals surface area (Å²) < 4.78 is 5.96. The zero-order valence-corrected chi connectivity index (χ0v) is 10.5. The van der Waals surface area contributed by atoms with Crippen LogP contribution in [0, 0.1) is 11.8 Å². The molecule has 0 aromatic heterocycles. The van der Waals surface area contributed by atoms with Crippen LogP contribution < -0.4 is 5.32 Å². The molecule has 92 valence electrons. The van der Waals surface area contributed by atoms with Gasteiger partial charge in [0.2, 0.25) is 0 Å². The summed E-state index contributed by atoms with van der Waals surface area (Å²) in [5.74, 6) is 1.92. The van der Waals surface area contributed by atoms with Crippen LogP contribution in [0.3, 0.4) is 0 Å². The molecule has 2 aliphatic carbocycles. The molecule has 3 aliphatic rings. The first-order valence-corrected chi connectivity index (χ1v) is 7.15. The van der Waals surface area contributed by atoms with Gasteiger partial charge in [0.05, 0.1) is 5.60 Å². The van der Waals surface area contributed by atoms with E-state index in [9.17, 15) is 0 Å². The lowest BCUT2D eigenvalue weighted by Gasteiger charge is -2.47. The van der Waals surface area contributed by atoms with E-state index in [1.807, 2.05) is 0 Å². The van der Waals surface area contributed by atoms with Gasteiger partial charge in [-0.15, -0.1) is 0 Å². The fourth-order valence-electron chi connectivity index (χ4n) is 3.31. The van der Waals surface area contributed by atoms with E-state index in [1.165, 1.54) is 51.5 Å². The van der Waals surface area contributed by atoms with E-state index in [1.54, 1.807) is 0 Å². The van der Waals surface area contributed by atoms with Gasteiger partial charge in [0.25, 0.3) is 0 Å². The molecule has 0 aromatic carbocycles. The molecule has 3 fully saturated rings. The van der Waals surface area contributed by atoms with Gasteiger partial charge in [-0.25, -0.2) is 0 Å². The second-order valence-corrected chi connectivity index (χ2v) is 6.30. The van der Waals surface area contributed by atoms with Crippen molar-refractivity contribution >= 4 is 0 Å². The van der Waals surface area contributed by atoms with Gasteiger partial charge >= 0.3 is 0 Å². The van der Waals surface area contributed by atoms with Crippen molar-refractivity contribution in [3.8, 4) is 0 Å². The normalized spacial score (nSPS) is 34.7. The summed E-state index contributed by atoms with van der Waals surface area (Å²) in [5.41, 5.74) is 0.304. The maximum atomic E-state index is 5.96. The van der Waals surface area contributed by atoms with E-state index >= 15 is 0 Å². The molecule has 1 spiro atoms. The highest BCUT2D eigenvalue weighted by atomic mass is 16.5. The SMILES string of the molecule is CC(CNC1CCOC2(CCC2)C1)C1CC1. The van der Waals surface area contributed by atoms with E-state index in [0.29, 0.717) is 5.60 Å². The summed E-state index contributed by atoms with van der Waals surface area (Å²) in [4.78, 5) is 0. The topological polar surface area (TPSA) is 21.3 Å². The molecule has 2 saturated carbocycles. The molecule has 1 heterocycles. The molecule has 2 nitrogen and oxygen atoms in total. The Morgan fingerprint density at radius 2 is 2.12 bits per heavy atom. The summed E-state index contributed by atoms with van der Waals surface area (Å²) in [6.45, 7) is 4.62. The second-order valence-electron chi connectivity index (χ2n) is 6.30. The minimum absolute atomic E-state index is 0.304. The van der Waals surface area contributed by atoms with Crippen LogP contribution in [0.4, 0.5) is 0 Å². The van der Waals surface area contributed by atoms with Gasteiger partial charge in [-0.3, -0.25) is 0 Å². The van der Waals surface area contributed by atoms with Crippen molar-refractivity contribution in [1.82, 2.24) is 5.32 Å². The first kappa shape index (κ1) is 11.0. The monoisotopic (exact) mass is 223 g/mol. The van der Waals surface area contributed by atoms with E-state index in [-0.39, 0.29) is 0 Å². The quantitative estimate of drug-likeness (QED) is 0.791. The van der Waals surface area contributed by atoms with Gasteiger partial charge in [0.15, 0.2) is 0 Å². The molecule has 0 amide bonds. The van der Waals surface area contributed by atoms with Gasteiger partial charge in [-0.2, -0.15) is 0 Å². The smallest absolute Gasteiger partial charge is 0.0697 e. The standard InChI is InChI=1S/C14H25NO/c1-11(12-3-4-12)10-15-13-5-8-16-14(9-13)6-2-7-14/h11-13,15H,2-10H2,1H3. The Bertz CT molecular complexity index is 245. The third kappa shape index (κ3) is 2.28. The molecule has 2 atom stereocenters. The first-order chi connectivity index (χ1) is 7.77. The predicted octanol–water partition coefficient (Wildman–Crippen LogP) is 2.72. The maximum absolute atomic E-state index is 5.96. The van der Waals surface area contributed by atoms with Crippen LogP contribution in [-0.4, -0.2) is 24.8 Å². The molecule has 1 aliphatic heterocycles. The van der Waals surface area contributed by atoms with Crippen LogP contribution in [0.2, 0.25) is 0 Å². The number of rotatable bonds is 4. The zero-order chi connectivity index (χ0) is 11.0. The van der Waals surface area contributed by atoms with E-state index in [0.717, 1.165) is 24.5 Å². The molecule has 0 aromatic rings. The van der Waals surface area contributed by atoms with Crippen molar-refractivity contribution in [3.05, 3.63) is 0 Å². The number of ether oxygens (including phenoxy) is 1. The molecule has 1 saturated heterocycles. The van der Waals surface area contributed by atoms with Crippen molar-refractivity contribution < 1.29 is 4.74 Å². The van der Waals surface area contributed by atoms with Crippen molar-refractivity contribution in [3.63, 3.8) is 0 Å². The molecular formula is C14H25NO. The van der Waals surface area contributed by atoms with Crippen molar-refractivity contribution in [2.24, 2.45) is 11.8 Å². The third-order valence-corrected chi connectivity index (χ3v) is 4.91. The Labute approximate surface area is 99.1 Å². The number of hydrogen-bond donors (Lipinski definition) is 1. The van der Waals surface area contributed by atoms with Crippen molar-refractivity contribution in [2.75, 3.05) is 13.2 Å². The van der Waals surface area contributed by atoms with Crippen LogP contribution in [0.1, 0.15) is 51.9 Å². The highest BCUT2D eigenvalue weighted by Gasteiger charge is 2.42. The zero-order valence-electron chi connectivity index (χ0n) is 10.5. The summed E-state index contributed by atoms with van der Waals surface area (Å²) in [6, 6.07) is 0.732. The molecule has 0 radical (unpaired) electrons. The largest absolute Gasteiger partial charge is 0.375 e. The lowest BCUT2D eigenvalue weighted by molar-refractivity contribution is -0.135. The van der Waals surface area contributed by atoms with Crippen molar-refractivity contribution in [2.45, 2.75) is 63.5 Å². The van der Waals surface area contributed by atoms with Crippen LogP contribution in [0.15, 0.2) is 0 Å². The van der Waals surface area contributed by atoms with Gasteiger partial charge in [0, 0.05) is 12.6 Å². The van der Waals surface area contributed by atoms with Gasteiger partial charge in [0.1, 0.15) is 0 Å². The molecule has 2 unspecified atom stereocenters. The lowest BCUT2D eigenvalue weighted by Crippen LogP contribution is -2.51. The molecular weight excluding hydrogens is 198 g/mol. The minimum Gasteiger partial charge on any atom is -0.375 e. The average molecular weight is 223 g/mol. The van der Waals surface area contributed by atoms with Crippen LogP contribution >= 0.6 is 0 Å². The van der Waals surface area contributed by atoms with E-state index in [4.69, 9.17) is 4.74 Å². The van der Waals surface area contributed by atoms with E-state index in [2.05, 4.69) is 12.2 Å². The summed E-state index contributed by atoms with van der Waals surface area (Å²) in [7, 11) is 0. The Balaban J connectivity index is 1.43. The fourth-order valence-corrected chi connectivity index (χ4v) is 3.31. The first-order valence-electron chi connectivity index (χ1n) is 7.15. The van der Waals surface area contributed by atoms with Crippen LogP contribution in [-0.2, 0) is 4.74 Å². The third-order valence-electron chi connectivity index (χ3n) is 4.91. The minimum atomic E-state index is 0.304. The summed E-state index contributed by atoms with van der Waals surface area (Å²) in [6.07, 6.45) is 9.43. The highest BCUT2D eigenvalue weighted by molar-refractivity contribution is 4.96. The Morgan fingerprint density at radius 3 is 2.75 bits per heavy atom. The molecule has 2 heteroatoms. The summed E-state index contributed by atoms with van der Waals surface area (Å²) >= 11 is 0. The molecule has 16 heavy (non-hydrogen) atoms. The molecule has 1 N–H and O–H groups in total. The van der Waals surface area contributed by atoms with Crippen LogP contribution in [0.5, 0.6) is 0 Å².